The van der Waals surface area contributed by atoms with Crippen LogP contribution in [0.5, 0.6) is 0 Å². The summed E-state index contributed by atoms with van der Waals surface area (Å²) in [6.45, 7) is 3.63. The number of aryl methyl sites for hydroxylation is 1. The molecule has 1 aliphatic heterocycles. The van der Waals surface area contributed by atoms with Crippen molar-refractivity contribution in [2.75, 3.05) is 19.8 Å². The molecule has 3 heterocycles. The summed E-state index contributed by atoms with van der Waals surface area (Å²) in [4.78, 5) is 10.6. The molecule has 0 amide bonds. The van der Waals surface area contributed by atoms with Crippen LogP contribution in [0.15, 0.2) is 19.0 Å². The Bertz CT molecular complexity index is 530. The molecule has 3 rings (SSSR count). The molecule has 2 aromatic heterocycles. The highest BCUT2D eigenvalue weighted by atomic mass is 19.1. The van der Waals surface area contributed by atoms with Gasteiger partial charge in [0.15, 0.2) is 0 Å². The molecule has 8 heteroatoms. The quantitative estimate of drug-likeness (QED) is 0.786. The van der Waals surface area contributed by atoms with Gasteiger partial charge in [-0.25, -0.2) is 19.0 Å². The van der Waals surface area contributed by atoms with Crippen LogP contribution in [0.25, 0.3) is 0 Å². The largest absolute Gasteiger partial charge is 0.296 e. The van der Waals surface area contributed by atoms with E-state index < -0.39 is 6.67 Å². The van der Waals surface area contributed by atoms with Crippen LogP contribution in [0, 0.1) is 5.92 Å². The van der Waals surface area contributed by atoms with Gasteiger partial charge in [-0.3, -0.25) is 9.58 Å². The van der Waals surface area contributed by atoms with E-state index in [9.17, 15) is 4.39 Å². The van der Waals surface area contributed by atoms with Crippen molar-refractivity contribution >= 4 is 0 Å². The maximum atomic E-state index is 12.4. The van der Waals surface area contributed by atoms with Gasteiger partial charge in [0, 0.05) is 6.54 Å². The van der Waals surface area contributed by atoms with Gasteiger partial charge in [-0.2, -0.15) is 10.2 Å². The van der Waals surface area contributed by atoms with Crippen LogP contribution in [0.2, 0.25) is 0 Å². The average molecular weight is 293 g/mol. The van der Waals surface area contributed by atoms with Crippen LogP contribution < -0.4 is 0 Å². The molecule has 0 aromatic carbocycles. The number of aromatic nitrogens is 6. The van der Waals surface area contributed by atoms with Crippen LogP contribution >= 0.6 is 0 Å². The van der Waals surface area contributed by atoms with Crippen molar-refractivity contribution in [3.8, 4) is 0 Å². The first kappa shape index (κ1) is 14.1. The lowest BCUT2D eigenvalue weighted by molar-refractivity contribution is 0.159. The summed E-state index contributed by atoms with van der Waals surface area (Å²) in [5.74, 6) is 1.49. The second-order valence-corrected chi connectivity index (χ2v) is 5.43. The van der Waals surface area contributed by atoms with Gasteiger partial charge in [-0.1, -0.05) is 0 Å². The number of nitrogens with zero attached hydrogens (tertiary/aromatic N) is 7. The number of hydrogen-bond donors (Lipinski definition) is 0. The monoisotopic (exact) mass is 293 g/mol. The van der Waals surface area contributed by atoms with Gasteiger partial charge >= 0.3 is 0 Å². The number of likely N-dealkylation sites (tertiary alicyclic amines) is 1. The number of halogens is 1. The summed E-state index contributed by atoms with van der Waals surface area (Å²) < 4.78 is 16.0. The molecule has 0 aliphatic carbocycles. The van der Waals surface area contributed by atoms with Gasteiger partial charge in [-0.05, 0) is 31.8 Å². The zero-order valence-electron chi connectivity index (χ0n) is 12.0. The number of piperidine rings is 1. The fourth-order valence-corrected chi connectivity index (χ4v) is 2.80. The topological polar surface area (TPSA) is 64.7 Å². The standard InChI is InChI=1S/C13H20FN7/c14-3-6-21-13(16-10-18-21)8-19-4-1-12(2-5-19)7-20-11-15-9-17-20/h9-12H,1-8H2. The molecule has 114 valence electrons. The van der Waals surface area contributed by atoms with E-state index in [1.165, 1.54) is 6.33 Å². The highest BCUT2D eigenvalue weighted by Gasteiger charge is 2.21. The second kappa shape index (κ2) is 6.75. The van der Waals surface area contributed by atoms with Crippen molar-refractivity contribution in [1.29, 1.82) is 0 Å². The Morgan fingerprint density at radius 3 is 2.76 bits per heavy atom. The molecule has 0 bridgehead atoms. The van der Waals surface area contributed by atoms with Crippen molar-refractivity contribution in [1.82, 2.24) is 34.4 Å². The van der Waals surface area contributed by atoms with E-state index in [0.29, 0.717) is 5.92 Å². The van der Waals surface area contributed by atoms with Crippen molar-refractivity contribution in [3.63, 3.8) is 0 Å². The van der Waals surface area contributed by atoms with Gasteiger partial charge in [-0.15, -0.1) is 0 Å². The average Bonchev–Trinajstić information content (AvgIpc) is 3.14. The summed E-state index contributed by atoms with van der Waals surface area (Å²) >= 11 is 0. The summed E-state index contributed by atoms with van der Waals surface area (Å²) in [5.41, 5.74) is 0. The molecule has 1 aliphatic rings. The van der Waals surface area contributed by atoms with Crippen LogP contribution in [0.1, 0.15) is 18.7 Å². The number of rotatable bonds is 6. The molecule has 7 nitrogen and oxygen atoms in total. The zero-order chi connectivity index (χ0) is 14.5. The molecule has 0 N–H and O–H groups in total. The maximum Gasteiger partial charge on any atom is 0.141 e. The van der Waals surface area contributed by atoms with Crippen molar-refractivity contribution in [3.05, 3.63) is 24.8 Å². The summed E-state index contributed by atoms with van der Waals surface area (Å²) in [6.07, 6.45) is 7.12. The molecule has 0 radical (unpaired) electrons. The molecule has 0 saturated carbocycles. The smallest absolute Gasteiger partial charge is 0.141 e. The lowest BCUT2D eigenvalue weighted by atomic mass is 9.97. The van der Waals surface area contributed by atoms with Crippen LogP contribution in [0.3, 0.4) is 0 Å². The third-order valence-corrected chi connectivity index (χ3v) is 3.98. The summed E-state index contributed by atoms with van der Waals surface area (Å²) in [7, 11) is 0. The van der Waals surface area contributed by atoms with Gasteiger partial charge in [0.1, 0.15) is 31.5 Å². The Morgan fingerprint density at radius 1 is 1.19 bits per heavy atom. The zero-order valence-corrected chi connectivity index (χ0v) is 12.0. The van der Waals surface area contributed by atoms with Crippen LogP contribution in [-0.2, 0) is 19.6 Å². The maximum absolute atomic E-state index is 12.4. The third-order valence-electron chi connectivity index (χ3n) is 3.98. The van der Waals surface area contributed by atoms with Crippen molar-refractivity contribution in [2.24, 2.45) is 5.92 Å². The Labute approximate surface area is 122 Å². The first-order chi connectivity index (χ1) is 10.3. The van der Waals surface area contributed by atoms with E-state index >= 15 is 0 Å². The minimum atomic E-state index is -0.406. The minimum absolute atomic E-state index is 0.290. The molecular formula is C13H20FN7. The van der Waals surface area contributed by atoms with E-state index in [1.807, 2.05) is 4.68 Å². The fraction of sp³-hybridized carbons (Fsp3) is 0.692. The summed E-state index contributed by atoms with van der Waals surface area (Å²) in [6, 6.07) is 0. The van der Waals surface area contributed by atoms with E-state index in [4.69, 9.17) is 0 Å². The molecule has 21 heavy (non-hydrogen) atoms. The predicted octanol–water partition coefficient (Wildman–Crippen LogP) is 0.751. The minimum Gasteiger partial charge on any atom is -0.296 e. The second-order valence-electron chi connectivity index (χ2n) is 5.43. The molecular weight excluding hydrogens is 273 g/mol. The first-order valence-electron chi connectivity index (χ1n) is 7.32. The van der Waals surface area contributed by atoms with Gasteiger partial charge in [0.25, 0.3) is 0 Å². The predicted molar refractivity (Wildman–Crippen MR) is 74.0 cm³/mol. The van der Waals surface area contributed by atoms with E-state index in [2.05, 4.69) is 25.1 Å². The normalized spacial score (nSPS) is 17.4. The Hall–Kier alpha value is -1.83. The molecule has 2 aromatic rings. The fourth-order valence-electron chi connectivity index (χ4n) is 2.80. The summed E-state index contributed by atoms with van der Waals surface area (Å²) in [5, 5.41) is 8.21. The third kappa shape index (κ3) is 3.63. The van der Waals surface area contributed by atoms with Crippen LogP contribution in [-0.4, -0.2) is 54.2 Å². The van der Waals surface area contributed by atoms with E-state index in [-0.39, 0.29) is 6.54 Å². The highest BCUT2D eigenvalue weighted by molar-refractivity contribution is 4.86. The molecule has 0 unspecified atom stereocenters. The van der Waals surface area contributed by atoms with Crippen molar-refractivity contribution in [2.45, 2.75) is 32.5 Å². The lowest BCUT2D eigenvalue weighted by Gasteiger charge is -2.31. The SMILES string of the molecule is FCCn1ncnc1CN1CCC(Cn2cncn2)CC1. The first-order valence-corrected chi connectivity index (χ1v) is 7.32. The Balaban J connectivity index is 1.48. The molecule has 1 saturated heterocycles. The number of hydrogen-bond acceptors (Lipinski definition) is 5. The molecule has 0 spiro atoms. The van der Waals surface area contributed by atoms with Gasteiger partial charge in [0.05, 0.1) is 13.1 Å². The van der Waals surface area contributed by atoms with Crippen molar-refractivity contribution < 1.29 is 4.39 Å². The lowest BCUT2D eigenvalue weighted by Crippen LogP contribution is -2.35. The van der Waals surface area contributed by atoms with E-state index in [1.54, 1.807) is 17.3 Å². The Morgan fingerprint density at radius 2 is 2.05 bits per heavy atom. The van der Waals surface area contributed by atoms with E-state index in [0.717, 1.165) is 44.8 Å². The van der Waals surface area contributed by atoms with Gasteiger partial charge in [0.2, 0.25) is 0 Å². The van der Waals surface area contributed by atoms with Crippen LogP contribution in [0.4, 0.5) is 4.39 Å². The van der Waals surface area contributed by atoms with Gasteiger partial charge < -0.3 is 0 Å². The Kier molecular flexibility index (Phi) is 4.54. The number of alkyl halides is 1. The molecule has 0 atom stereocenters. The highest BCUT2D eigenvalue weighted by Crippen LogP contribution is 2.19. The molecule has 1 fully saturated rings.